The summed E-state index contributed by atoms with van der Waals surface area (Å²) >= 11 is 0. The van der Waals surface area contributed by atoms with Crippen molar-refractivity contribution < 1.29 is 4.79 Å². The fraction of sp³-hybridized carbons (Fsp3) is 0.294. The molecule has 1 heterocycles. The third-order valence-corrected chi connectivity index (χ3v) is 3.19. The summed E-state index contributed by atoms with van der Waals surface area (Å²) in [6.45, 7) is 4.13. The highest BCUT2D eigenvalue weighted by molar-refractivity contribution is 5.95. The summed E-state index contributed by atoms with van der Waals surface area (Å²) < 4.78 is 0. The van der Waals surface area contributed by atoms with Gasteiger partial charge in [-0.3, -0.25) is 9.78 Å². The van der Waals surface area contributed by atoms with Crippen molar-refractivity contribution in [2.75, 3.05) is 0 Å². The first-order chi connectivity index (χ1) is 9.70. The number of nitrogens with zero attached hydrogens (tertiary/aromatic N) is 1. The number of hydrogen-bond donors (Lipinski definition) is 1. The smallest absolute Gasteiger partial charge is 0.244 e. The Balaban J connectivity index is 2.12. The zero-order valence-corrected chi connectivity index (χ0v) is 12.0. The molecule has 2 aromatic rings. The Morgan fingerprint density at radius 1 is 1.35 bits per heavy atom. The molecule has 2 rings (SSSR count). The van der Waals surface area contributed by atoms with Gasteiger partial charge in [-0.1, -0.05) is 37.6 Å². The Labute approximate surface area is 119 Å². The third kappa shape index (κ3) is 3.67. The van der Waals surface area contributed by atoms with Crippen molar-refractivity contribution in [2.45, 2.75) is 32.7 Å². The molecule has 0 spiro atoms. The minimum absolute atomic E-state index is 0.0566. The average Bonchev–Trinajstić information content (AvgIpc) is 2.45. The predicted octanol–water partition coefficient (Wildman–Crippen LogP) is 3.55. The fourth-order valence-electron chi connectivity index (χ4n) is 2.22. The number of fused-ring (bicyclic) bond motifs is 1. The third-order valence-electron chi connectivity index (χ3n) is 3.19. The molecule has 0 aliphatic rings. The van der Waals surface area contributed by atoms with E-state index in [2.05, 4.69) is 17.2 Å². The van der Waals surface area contributed by atoms with E-state index in [1.54, 1.807) is 12.3 Å². The van der Waals surface area contributed by atoms with Crippen molar-refractivity contribution in [3.05, 3.63) is 48.2 Å². The second-order valence-electron chi connectivity index (χ2n) is 4.95. The predicted molar refractivity (Wildman–Crippen MR) is 83.3 cm³/mol. The van der Waals surface area contributed by atoms with Crippen LogP contribution < -0.4 is 5.32 Å². The van der Waals surface area contributed by atoms with E-state index >= 15 is 0 Å². The van der Waals surface area contributed by atoms with Crippen molar-refractivity contribution >= 4 is 22.9 Å². The molecule has 1 amide bonds. The molecule has 0 saturated carbocycles. The lowest BCUT2D eigenvalue weighted by Gasteiger charge is -2.10. The van der Waals surface area contributed by atoms with Crippen LogP contribution in [0.1, 0.15) is 32.3 Å². The molecule has 1 aromatic heterocycles. The Kier molecular flexibility index (Phi) is 4.88. The first kappa shape index (κ1) is 14.3. The van der Waals surface area contributed by atoms with E-state index in [0.717, 1.165) is 29.3 Å². The van der Waals surface area contributed by atoms with Crippen LogP contribution in [0.3, 0.4) is 0 Å². The molecule has 1 atom stereocenters. The lowest BCUT2D eigenvalue weighted by molar-refractivity contribution is -0.117. The number of carbonyl (C=O) groups excluding carboxylic acids is 1. The summed E-state index contributed by atoms with van der Waals surface area (Å²) in [7, 11) is 0. The number of benzene rings is 1. The Hall–Kier alpha value is -2.16. The first-order valence-electron chi connectivity index (χ1n) is 7.03. The van der Waals surface area contributed by atoms with Gasteiger partial charge in [-0.05, 0) is 25.5 Å². The normalized spacial score (nSPS) is 12.7. The zero-order valence-electron chi connectivity index (χ0n) is 12.0. The summed E-state index contributed by atoms with van der Waals surface area (Å²) in [6.07, 6.45) is 7.23. The Morgan fingerprint density at radius 2 is 2.15 bits per heavy atom. The molecule has 0 fully saturated rings. The molecule has 0 bridgehead atoms. The quantitative estimate of drug-likeness (QED) is 0.843. The molecule has 104 valence electrons. The summed E-state index contributed by atoms with van der Waals surface area (Å²) in [4.78, 5) is 16.2. The highest BCUT2D eigenvalue weighted by atomic mass is 16.1. The molecule has 0 radical (unpaired) electrons. The van der Waals surface area contributed by atoms with Gasteiger partial charge in [0, 0.05) is 29.3 Å². The van der Waals surface area contributed by atoms with Crippen molar-refractivity contribution in [2.24, 2.45) is 0 Å². The van der Waals surface area contributed by atoms with Gasteiger partial charge in [-0.2, -0.15) is 0 Å². The number of nitrogens with one attached hydrogen (secondary N) is 1. The van der Waals surface area contributed by atoms with Crippen LogP contribution in [-0.4, -0.2) is 16.9 Å². The standard InChI is InChI=1S/C17H20N2O/c1-3-6-13(2)19-16(20)11-10-15-8-4-7-14-9-5-12-18-17(14)15/h4-5,7-13H,3,6H2,1-2H3,(H,19,20)/b11-10+. The van der Waals surface area contributed by atoms with Gasteiger partial charge in [0.2, 0.25) is 5.91 Å². The maximum Gasteiger partial charge on any atom is 0.244 e. The Bertz CT molecular complexity index is 614. The molecule has 3 heteroatoms. The second-order valence-corrected chi connectivity index (χ2v) is 4.95. The summed E-state index contributed by atoms with van der Waals surface area (Å²) in [5.74, 6) is -0.0566. The summed E-state index contributed by atoms with van der Waals surface area (Å²) in [5, 5.41) is 4.03. The minimum atomic E-state index is -0.0566. The van der Waals surface area contributed by atoms with E-state index in [-0.39, 0.29) is 11.9 Å². The second kappa shape index (κ2) is 6.85. The van der Waals surface area contributed by atoms with E-state index in [0.29, 0.717) is 0 Å². The largest absolute Gasteiger partial charge is 0.350 e. The van der Waals surface area contributed by atoms with Gasteiger partial charge in [-0.25, -0.2) is 0 Å². The van der Waals surface area contributed by atoms with Crippen LogP contribution >= 0.6 is 0 Å². The van der Waals surface area contributed by atoms with Crippen LogP contribution in [0, 0.1) is 0 Å². The average molecular weight is 268 g/mol. The van der Waals surface area contributed by atoms with E-state index in [4.69, 9.17) is 0 Å². The van der Waals surface area contributed by atoms with Crippen LogP contribution in [0.15, 0.2) is 42.6 Å². The molecule has 20 heavy (non-hydrogen) atoms. The number of pyridine rings is 1. The first-order valence-corrected chi connectivity index (χ1v) is 7.03. The van der Waals surface area contributed by atoms with Crippen molar-refractivity contribution in [3.63, 3.8) is 0 Å². The Morgan fingerprint density at radius 3 is 2.95 bits per heavy atom. The van der Waals surface area contributed by atoms with Gasteiger partial charge in [0.15, 0.2) is 0 Å². The molecule has 1 N–H and O–H groups in total. The van der Waals surface area contributed by atoms with Crippen molar-refractivity contribution in [1.82, 2.24) is 10.3 Å². The highest BCUT2D eigenvalue weighted by Crippen LogP contribution is 2.16. The van der Waals surface area contributed by atoms with Crippen LogP contribution in [0.25, 0.3) is 17.0 Å². The van der Waals surface area contributed by atoms with E-state index < -0.39 is 0 Å². The van der Waals surface area contributed by atoms with E-state index in [1.807, 2.05) is 43.3 Å². The van der Waals surface area contributed by atoms with Crippen LogP contribution in [0.4, 0.5) is 0 Å². The van der Waals surface area contributed by atoms with E-state index in [9.17, 15) is 4.79 Å². The minimum Gasteiger partial charge on any atom is -0.350 e. The number of aromatic nitrogens is 1. The van der Waals surface area contributed by atoms with Crippen molar-refractivity contribution in [3.8, 4) is 0 Å². The van der Waals surface area contributed by atoms with Crippen LogP contribution in [0.2, 0.25) is 0 Å². The number of rotatable bonds is 5. The number of hydrogen-bond acceptors (Lipinski definition) is 2. The lowest BCUT2D eigenvalue weighted by atomic mass is 10.1. The summed E-state index contributed by atoms with van der Waals surface area (Å²) in [6, 6.07) is 10.1. The van der Waals surface area contributed by atoms with Gasteiger partial charge in [0.25, 0.3) is 0 Å². The van der Waals surface area contributed by atoms with Gasteiger partial charge >= 0.3 is 0 Å². The lowest BCUT2D eigenvalue weighted by Crippen LogP contribution is -2.30. The van der Waals surface area contributed by atoms with Crippen LogP contribution in [-0.2, 0) is 4.79 Å². The molecule has 3 nitrogen and oxygen atoms in total. The molecule has 1 unspecified atom stereocenters. The molecular formula is C17H20N2O. The maximum atomic E-state index is 11.8. The molecule has 0 aliphatic heterocycles. The fourth-order valence-corrected chi connectivity index (χ4v) is 2.22. The monoisotopic (exact) mass is 268 g/mol. The molecule has 0 saturated heterocycles. The zero-order chi connectivity index (χ0) is 14.4. The number of amides is 1. The SMILES string of the molecule is CCCC(C)NC(=O)/C=C/c1cccc2cccnc12. The number of carbonyl (C=O) groups is 1. The van der Waals surface area contributed by atoms with Gasteiger partial charge in [-0.15, -0.1) is 0 Å². The number of para-hydroxylation sites is 1. The summed E-state index contributed by atoms with van der Waals surface area (Å²) in [5.41, 5.74) is 1.88. The topological polar surface area (TPSA) is 42.0 Å². The van der Waals surface area contributed by atoms with Gasteiger partial charge in [0.05, 0.1) is 5.52 Å². The maximum absolute atomic E-state index is 11.8. The molecular weight excluding hydrogens is 248 g/mol. The molecule has 0 aliphatic carbocycles. The van der Waals surface area contributed by atoms with Crippen molar-refractivity contribution in [1.29, 1.82) is 0 Å². The van der Waals surface area contributed by atoms with E-state index in [1.165, 1.54) is 0 Å². The van der Waals surface area contributed by atoms with Crippen LogP contribution in [0.5, 0.6) is 0 Å². The highest BCUT2D eigenvalue weighted by Gasteiger charge is 2.03. The molecule has 1 aromatic carbocycles. The van der Waals surface area contributed by atoms with Gasteiger partial charge < -0.3 is 5.32 Å². The van der Waals surface area contributed by atoms with Gasteiger partial charge in [0.1, 0.15) is 0 Å².